The largest absolute Gasteiger partial charge is 0.359 e. The first-order valence-corrected chi connectivity index (χ1v) is 5.90. The lowest BCUT2D eigenvalue weighted by molar-refractivity contribution is -0.145. The summed E-state index contributed by atoms with van der Waals surface area (Å²) < 4.78 is 5.00. The molecule has 1 aliphatic rings. The fraction of sp³-hybridized carbons (Fsp3) is 0.455. The summed E-state index contributed by atoms with van der Waals surface area (Å²) in [4.78, 5) is 36.1. The molecular formula is C11H15N5O4. The number of imide groups is 1. The van der Waals surface area contributed by atoms with Crippen LogP contribution in [0.2, 0.25) is 0 Å². The van der Waals surface area contributed by atoms with Gasteiger partial charge in [0.15, 0.2) is 11.5 Å². The summed E-state index contributed by atoms with van der Waals surface area (Å²) in [5.74, 6) is 4.01. The molecule has 2 heterocycles. The molecule has 1 fully saturated rings. The van der Waals surface area contributed by atoms with Crippen molar-refractivity contribution in [2.45, 2.75) is 25.9 Å². The van der Waals surface area contributed by atoms with E-state index in [1.165, 1.54) is 6.07 Å². The van der Waals surface area contributed by atoms with Crippen LogP contribution >= 0.6 is 0 Å². The molecule has 0 bridgehead atoms. The lowest BCUT2D eigenvalue weighted by Gasteiger charge is -2.39. The first kappa shape index (κ1) is 14.2. The number of nitrogens with two attached hydrogens (primary N) is 1. The Hall–Kier alpha value is -2.26. The van der Waals surface area contributed by atoms with Crippen LogP contribution in [0.3, 0.4) is 0 Å². The predicted octanol–water partition coefficient (Wildman–Crippen LogP) is -1.48. The second kappa shape index (κ2) is 5.02. The number of hydrogen-bond donors (Lipinski definition) is 3. The molecule has 1 saturated heterocycles. The number of amides is 3. The lowest BCUT2D eigenvalue weighted by atomic mass is 9.98. The maximum Gasteiger partial charge on any atom is 0.287 e. The third-order valence-corrected chi connectivity index (χ3v) is 3.20. The van der Waals surface area contributed by atoms with Crippen LogP contribution in [-0.4, -0.2) is 39.9 Å². The molecule has 1 aliphatic heterocycles. The summed E-state index contributed by atoms with van der Waals surface area (Å²) in [7, 11) is 0. The minimum absolute atomic E-state index is 0.0353. The van der Waals surface area contributed by atoms with Gasteiger partial charge in [0, 0.05) is 6.07 Å². The molecule has 0 aliphatic carbocycles. The van der Waals surface area contributed by atoms with Gasteiger partial charge in [-0.05, 0) is 13.8 Å². The number of nitrogen functional groups attached to an aromatic ring is 1. The number of hydrogen-bond acceptors (Lipinski definition) is 7. The van der Waals surface area contributed by atoms with Crippen LogP contribution in [-0.2, 0) is 16.1 Å². The molecule has 20 heavy (non-hydrogen) atoms. The predicted molar refractivity (Wildman–Crippen MR) is 65.8 cm³/mol. The van der Waals surface area contributed by atoms with Gasteiger partial charge in [-0.25, -0.2) is 5.84 Å². The van der Waals surface area contributed by atoms with E-state index < -0.39 is 11.4 Å². The molecule has 3 amide bonds. The van der Waals surface area contributed by atoms with Crippen molar-refractivity contribution < 1.29 is 18.9 Å². The van der Waals surface area contributed by atoms with Crippen molar-refractivity contribution in [2.24, 2.45) is 5.84 Å². The van der Waals surface area contributed by atoms with Crippen molar-refractivity contribution >= 4 is 17.7 Å². The van der Waals surface area contributed by atoms with Gasteiger partial charge in [-0.3, -0.25) is 30.0 Å². The minimum Gasteiger partial charge on any atom is -0.359 e. The van der Waals surface area contributed by atoms with E-state index >= 15 is 0 Å². The van der Waals surface area contributed by atoms with E-state index in [1.54, 1.807) is 18.7 Å². The molecular weight excluding hydrogens is 266 g/mol. The zero-order valence-corrected chi connectivity index (χ0v) is 11.1. The van der Waals surface area contributed by atoms with E-state index in [0.29, 0.717) is 5.76 Å². The summed E-state index contributed by atoms with van der Waals surface area (Å²) in [6.07, 6.45) is 0. The monoisotopic (exact) mass is 281 g/mol. The summed E-state index contributed by atoms with van der Waals surface area (Å²) in [6, 6.07) is 1.41. The maximum absolute atomic E-state index is 11.8. The SMILES string of the molecule is CC1(C)C(=O)NC(=O)CN1Cc1cc(C(=O)NN)no1. The van der Waals surface area contributed by atoms with Crippen LogP contribution in [0, 0.1) is 0 Å². The van der Waals surface area contributed by atoms with Crippen LogP contribution in [0.1, 0.15) is 30.1 Å². The fourth-order valence-corrected chi connectivity index (χ4v) is 1.84. The molecule has 4 N–H and O–H groups in total. The Morgan fingerprint density at radius 3 is 2.95 bits per heavy atom. The molecule has 0 spiro atoms. The highest BCUT2D eigenvalue weighted by molar-refractivity contribution is 6.02. The Labute approximate surface area is 114 Å². The molecule has 0 radical (unpaired) electrons. The molecule has 1 aromatic heterocycles. The van der Waals surface area contributed by atoms with E-state index in [9.17, 15) is 14.4 Å². The smallest absolute Gasteiger partial charge is 0.287 e. The van der Waals surface area contributed by atoms with Gasteiger partial charge in [-0.15, -0.1) is 0 Å². The molecule has 2 rings (SSSR count). The van der Waals surface area contributed by atoms with Crippen molar-refractivity contribution in [3.8, 4) is 0 Å². The number of hydrazine groups is 1. The van der Waals surface area contributed by atoms with E-state index in [4.69, 9.17) is 10.4 Å². The summed E-state index contributed by atoms with van der Waals surface area (Å²) in [5.41, 5.74) is 1.11. The number of nitrogens with one attached hydrogen (secondary N) is 2. The van der Waals surface area contributed by atoms with Gasteiger partial charge >= 0.3 is 0 Å². The highest BCUT2D eigenvalue weighted by Gasteiger charge is 2.41. The van der Waals surface area contributed by atoms with Gasteiger partial charge in [0.1, 0.15) is 0 Å². The summed E-state index contributed by atoms with van der Waals surface area (Å²) in [5, 5.41) is 5.83. The van der Waals surface area contributed by atoms with Crippen molar-refractivity contribution in [3.63, 3.8) is 0 Å². The van der Waals surface area contributed by atoms with Crippen LogP contribution in [0.4, 0.5) is 0 Å². The Bertz CT molecular complexity index is 565. The molecule has 9 heteroatoms. The molecule has 0 saturated carbocycles. The van der Waals surface area contributed by atoms with Crippen LogP contribution in [0.5, 0.6) is 0 Å². The first-order chi connectivity index (χ1) is 9.34. The second-order valence-electron chi connectivity index (χ2n) is 4.94. The normalized spacial score (nSPS) is 18.8. The molecule has 0 atom stereocenters. The minimum atomic E-state index is -0.864. The number of nitrogens with zero attached hydrogens (tertiary/aromatic N) is 2. The standard InChI is InChI=1S/C11H15N5O4/c1-11(2)10(19)13-8(17)5-16(11)4-6-3-7(15-20-6)9(18)14-12/h3H,4-5,12H2,1-2H3,(H,14,18)(H,13,17,19). The number of piperazine rings is 1. The van der Waals surface area contributed by atoms with Gasteiger partial charge in [0.2, 0.25) is 11.8 Å². The lowest BCUT2D eigenvalue weighted by Crippen LogP contribution is -2.63. The zero-order valence-electron chi connectivity index (χ0n) is 11.1. The molecule has 9 nitrogen and oxygen atoms in total. The maximum atomic E-state index is 11.8. The average Bonchev–Trinajstić information content (AvgIpc) is 2.84. The Morgan fingerprint density at radius 2 is 2.30 bits per heavy atom. The van der Waals surface area contributed by atoms with Gasteiger partial charge < -0.3 is 4.52 Å². The van der Waals surface area contributed by atoms with Gasteiger partial charge in [0.05, 0.1) is 18.6 Å². The van der Waals surface area contributed by atoms with Crippen molar-refractivity contribution in [1.82, 2.24) is 20.8 Å². The van der Waals surface area contributed by atoms with Gasteiger partial charge in [-0.1, -0.05) is 5.16 Å². The highest BCUT2D eigenvalue weighted by atomic mass is 16.5. The third-order valence-electron chi connectivity index (χ3n) is 3.20. The van der Waals surface area contributed by atoms with E-state index in [-0.39, 0.29) is 30.6 Å². The average molecular weight is 281 g/mol. The van der Waals surface area contributed by atoms with E-state index in [0.717, 1.165) is 0 Å². The van der Waals surface area contributed by atoms with Crippen molar-refractivity contribution in [2.75, 3.05) is 6.54 Å². The van der Waals surface area contributed by atoms with Gasteiger partial charge in [0.25, 0.3) is 5.91 Å². The summed E-state index contributed by atoms with van der Waals surface area (Å²) >= 11 is 0. The Balaban J connectivity index is 2.16. The zero-order chi connectivity index (χ0) is 14.9. The van der Waals surface area contributed by atoms with Crippen LogP contribution in [0.25, 0.3) is 0 Å². The van der Waals surface area contributed by atoms with Crippen molar-refractivity contribution in [3.05, 3.63) is 17.5 Å². The Morgan fingerprint density at radius 1 is 1.60 bits per heavy atom. The first-order valence-electron chi connectivity index (χ1n) is 5.90. The van der Waals surface area contributed by atoms with Crippen LogP contribution in [0.15, 0.2) is 10.6 Å². The number of carbonyl (C=O) groups is 3. The molecule has 0 unspecified atom stereocenters. The van der Waals surface area contributed by atoms with E-state index in [2.05, 4.69) is 10.5 Å². The fourth-order valence-electron chi connectivity index (χ4n) is 1.84. The number of rotatable bonds is 3. The molecule has 108 valence electrons. The Kier molecular flexibility index (Phi) is 3.55. The number of aromatic nitrogens is 1. The topological polar surface area (TPSA) is 131 Å². The highest BCUT2D eigenvalue weighted by Crippen LogP contribution is 2.21. The van der Waals surface area contributed by atoms with Crippen molar-refractivity contribution in [1.29, 1.82) is 0 Å². The van der Waals surface area contributed by atoms with Gasteiger partial charge in [-0.2, -0.15) is 0 Å². The third kappa shape index (κ3) is 2.53. The molecule has 0 aromatic carbocycles. The van der Waals surface area contributed by atoms with E-state index in [1.807, 2.05) is 5.43 Å². The number of carbonyl (C=O) groups excluding carboxylic acids is 3. The quantitative estimate of drug-likeness (QED) is 0.266. The summed E-state index contributed by atoms with van der Waals surface area (Å²) in [6.45, 7) is 3.62. The molecule has 1 aromatic rings. The van der Waals surface area contributed by atoms with Crippen LogP contribution < -0.4 is 16.6 Å². The second-order valence-corrected chi connectivity index (χ2v) is 4.94.